The minimum absolute atomic E-state index is 0.0910. The molecule has 0 spiro atoms. The van der Waals surface area contributed by atoms with Crippen LogP contribution in [0.1, 0.15) is 25.8 Å². The number of methoxy groups -OCH3 is 1. The van der Waals surface area contributed by atoms with Crippen LogP contribution in [0.5, 0.6) is 5.75 Å². The third-order valence-electron chi connectivity index (χ3n) is 3.42. The van der Waals surface area contributed by atoms with Gasteiger partial charge in [-0.15, -0.1) is 0 Å². The molecule has 0 heterocycles. The molecule has 1 atom stereocenters. The topological polar surface area (TPSA) is 55.6 Å². The minimum Gasteiger partial charge on any atom is -0.496 e. The number of rotatable bonds is 7. The van der Waals surface area contributed by atoms with Crippen molar-refractivity contribution in [3.63, 3.8) is 0 Å². The smallest absolute Gasteiger partial charge is 0.227 e. The van der Waals surface area contributed by atoms with Crippen molar-refractivity contribution >= 4 is 21.8 Å². The summed E-state index contributed by atoms with van der Waals surface area (Å²) < 4.78 is 6.32. The average Bonchev–Trinajstić information content (AvgIpc) is 2.44. The number of carbonyl (C=O) groups is 1. The third kappa shape index (κ3) is 5.32. The van der Waals surface area contributed by atoms with E-state index in [0.29, 0.717) is 19.0 Å². The second kappa shape index (κ2) is 8.39. The van der Waals surface area contributed by atoms with Crippen LogP contribution in [-0.2, 0) is 11.3 Å². The summed E-state index contributed by atoms with van der Waals surface area (Å²) in [6.07, 6.45) is 0.815. The standard InChI is InChI=1S/C16H25BrN2O2/c1-11(2)7-12(9-18)16(20)19(3)10-13-8-14(17)5-6-15(13)21-4/h5-6,8,11-12H,7,9-10,18H2,1-4H3. The number of ether oxygens (including phenoxy) is 1. The molecule has 21 heavy (non-hydrogen) atoms. The monoisotopic (exact) mass is 356 g/mol. The van der Waals surface area contributed by atoms with Crippen molar-refractivity contribution in [3.05, 3.63) is 28.2 Å². The van der Waals surface area contributed by atoms with Gasteiger partial charge in [0.25, 0.3) is 0 Å². The average molecular weight is 357 g/mol. The van der Waals surface area contributed by atoms with Crippen LogP contribution in [0.4, 0.5) is 0 Å². The van der Waals surface area contributed by atoms with Crippen LogP contribution in [0, 0.1) is 11.8 Å². The Morgan fingerprint density at radius 3 is 2.62 bits per heavy atom. The predicted octanol–water partition coefficient (Wildman–Crippen LogP) is 3.04. The van der Waals surface area contributed by atoms with Gasteiger partial charge in [0, 0.05) is 30.2 Å². The molecule has 118 valence electrons. The number of hydrogen-bond donors (Lipinski definition) is 1. The highest BCUT2D eigenvalue weighted by Gasteiger charge is 2.22. The van der Waals surface area contributed by atoms with E-state index < -0.39 is 0 Å². The predicted molar refractivity (Wildman–Crippen MR) is 89.2 cm³/mol. The summed E-state index contributed by atoms with van der Waals surface area (Å²) in [6.45, 7) is 5.10. The molecule has 1 aromatic rings. The maximum Gasteiger partial charge on any atom is 0.227 e. The molecular weight excluding hydrogens is 332 g/mol. The summed E-state index contributed by atoms with van der Waals surface area (Å²) in [7, 11) is 3.45. The first-order valence-electron chi connectivity index (χ1n) is 7.16. The number of halogens is 1. The Bertz CT molecular complexity index is 477. The lowest BCUT2D eigenvalue weighted by Gasteiger charge is -2.25. The van der Waals surface area contributed by atoms with E-state index in [1.165, 1.54) is 0 Å². The Kier molecular flexibility index (Phi) is 7.18. The number of benzene rings is 1. The van der Waals surface area contributed by atoms with E-state index in [4.69, 9.17) is 10.5 Å². The summed E-state index contributed by atoms with van der Waals surface area (Å²) >= 11 is 3.45. The Morgan fingerprint density at radius 1 is 1.43 bits per heavy atom. The fraction of sp³-hybridized carbons (Fsp3) is 0.562. The maximum atomic E-state index is 12.5. The van der Waals surface area contributed by atoms with Gasteiger partial charge in [-0.2, -0.15) is 0 Å². The van der Waals surface area contributed by atoms with E-state index in [2.05, 4.69) is 29.8 Å². The van der Waals surface area contributed by atoms with Crippen LogP contribution in [0.2, 0.25) is 0 Å². The van der Waals surface area contributed by atoms with Crippen molar-refractivity contribution in [1.82, 2.24) is 4.90 Å². The molecule has 0 radical (unpaired) electrons. The van der Waals surface area contributed by atoms with E-state index >= 15 is 0 Å². The van der Waals surface area contributed by atoms with Gasteiger partial charge in [-0.05, 0) is 30.5 Å². The number of nitrogens with two attached hydrogens (primary N) is 1. The summed E-state index contributed by atoms with van der Waals surface area (Å²) in [6, 6.07) is 5.79. The van der Waals surface area contributed by atoms with Crippen molar-refractivity contribution in [2.45, 2.75) is 26.8 Å². The fourth-order valence-electron chi connectivity index (χ4n) is 2.38. The van der Waals surface area contributed by atoms with Gasteiger partial charge in [-0.25, -0.2) is 0 Å². The molecular formula is C16H25BrN2O2. The van der Waals surface area contributed by atoms with Crippen molar-refractivity contribution < 1.29 is 9.53 Å². The molecule has 0 bridgehead atoms. The minimum atomic E-state index is -0.117. The molecule has 0 fully saturated rings. The molecule has 0 saturated carbocycles. The van der Waals surface area contributed by atoms with Crippen LogP contribution in [-0.4, -0.2) is 31.5 Å². The first-order chi connectivity index (χ1) is 9.88. The van der Waals surface area contributed by atoms with Crippen molar-refractivity contribution in [1.29, 1.82) is 0 Å². The van der Waals surface area contributed by atoms with Crippen LogP contribution < -0.4 is 10.5 Å². The highest BCUT2D eigenvalue weighted by atomic mass is 79.9. The zero-order valence-electron chi connectivity index (χ0n) is 13.2. The summed E-state index contributed by atoms with van der Waals surface area (Å²) in [5.74, 6) is 1.21. The van der Waals surface area contributed by atoms with Gasteiger partial charge in [-0.3, -0.25) is 4.79 Å². The lowest BCUT2D eigenvalue weighted by atomic mass is 9.96. The Labute approximate surface area is 135 Å². The van der Waals surface area contributed by atoms with Crippen molar-refractivity contribution in [2.24, 2.45) is 17.6 Å². The van der Waals surface area contributed by atoms with E-state index in [-0.39, 0.29) is 11.8 Å². The summed E-state index contributed by atoms with van der Waals surface area (Å²) in [4.78, 5) is 14.2. The molecule has 2 N–H and O–H groups in total. The molecule has 0 saturated heterocycles. The highest BCUT2D eigenvalue weighted by Crippen LogP contribution is 2.25. The highest BCUT2D eigenvalue weighted by molar-refractivity contribution is 9.10. The van der Waals surface area contributed by atoms with Crippen molar-refractivity contribution in [2.75, 3.05) is 20.7 Å². The van der Waals surface area contributed by atoms with Gasteiger partial charge in [-0.1, -0.05) is 29.8 Å². The van der Waals surface area contributed by atoms with Gasteiger partial charge < -0.3 is 15.4 Å². The number of nitrogens with zero attached hydrogens (tertiary/aromatic N) is 1. The molecule has 1 unspecified atom stereocenters. The normalized spacial score (nSPS) is 12.3. The number of carbonyl (C=O) groups excluding carboxylic acids is 1. The molecule has 0 aromatic heterocycles. The largest absolute Gasteiger partial charge is 0.496 e. The molecule has 5 heteroatoms. The quantitative estimate of drug-likeness (QED) is 0.816. The zero-order chi connectivity index (χ0) is 16.0. The van der Waals surface area contributed by atoms with E-state index in [1.807, 2.05) is 25.2 Å². The molecule has 0 aliphatic carbocycles. The van der Waals surface area contributed by atoms with E-state index in [1.54, 1.807) is 12.0 Å². The Morgan fingerprint density at radius 2 is 2.10 bits per heavy atom. The molecule has 1 aromatic carbocycles. The van der Waals surface area contributed by atoms with Gasteiger partial charge in [0.2, 0.25) is 5.91 Å². The fourth-order valence-corrected chi connectivity index (χ4v) is 2.79. The molecule has 1 amide bonds. The van der Waals surface area contributed by atoms with E-state index in [9.17, 15) is 4.79 Å². The van der Waals surface area contributed by atoms with Crippen LogP contribution in [0.15, 0.2) is 22.7 Å². The van der Waals surface area contributed by atoms with Gasteiger partial charge in [0.1, 0.15) is 5.75 Å². The van der Waals surface area contributed by atoms with Crippen LogP contribution >= 0.6 is 15.9 Å². The third-order valence-corrected chi connectivity index (χ3v) is 3.91. The van der Waals surface area contributed by atoms with Crippen LogP contribution in [0.25, 0.3) is 0 Å². The first kappa shape index (κ1) is 18.0. The maximum absolute atomic E-state index is 12.5. The van der Waals surface area contributed by atoms with Gasteiger partial charge in [0.15, 0.2) is 0 Å². The molecule has 0 aliphatic heterocycles. The summed E-state index contributed by atoms with van der Waals surface area (Å²) in [5.41, 5.74) is 6.73. The second-order valence-electron chi connectivity index (χ2n) is 5.71. The van der Waals surface area contributed by atoms with Gasteiger partial charge in [0.05, 0.1) is 13.0 Å². The zero-order valence-corrected chi connectivity index (χ0v) is 14.8. The molecule has 1 rings (SSSR count). The SMILES string of the molecule is COc1ccc(Br)cc1CN(C)C(=O)C(CN)CC(C)C. The summed E-state index contributed by atoms with van der Waals surface area (Å²) in [5, 5.41) is 0. The van der Waals surface area contributed by atoms with Crippen LogP contribution in [0.3, 0.4) is 0 Å². The lowest BCUT2D eigenvalue weighted by Crippen LogP contribution is -2.37. The Hall–Kier alpha value is -1.07. The lowest BCUT2D eigenvalue weighted by molar-refractivity contribution is -0.134. The Balaban J connectivity index is 2.82. The number of hydrogen-bond acceptors (Lipinski definition) is 3. The van der Waals surface area contributed by atoms with Gasteiger partial charge >= 0.3 is 0 Å². The first-order valence-corrected chi connectivity index (χ1v) is 7.95. The molecule has 4 nitrogen and oxygen atoms in total. The second-order valence-corrected chi connectivity index (χ2v) is 6.63. The molecule has 0 aliphatic rings. The number of amides is 1. The van der Waals surface area contributed by atoms with Crippen molar-refractivity contribution in [3.8, 4) is 5.75 Å². The van der Waals surface area contributed by atoms with E-state index in [0.717, 1.165) is 22.2 Å².